The molecule has 2 aromatic rings. The highest BCUT2D eigenvalue weighted by molar-refractivity contribution is 7.96. The normalized spacial score (nSPS) is 25.7. The summed E-state index contributed by atoms with van der Waals surface area (Å²) in [4.78, 5) is 54.3. The topological polar surface area (TPSA) is 95.6 Å². The molecule has 0 spiro atoms. The van der Waals surface area contributed by atoms with Gasteiger partial charge in [0, 0.05) is 29.1 Å². The third-order valence-corrected chi connectivity index (χ3v) is 9.53. The zero-order chi connectivity index (χ0) is 28.1. The predicted molar refractivity (Wildman–Crippen MR) is 153 cm³/mol. The van der Waals surface area contributed by atoms with Gasteiger partial charge in [-0.15, -0.1) is 12.6 Å². The summed E-state index contributed by atoms with van der Waals surface area (Å²) in [5.74, 6) is -1.62. The van der Waals surface area contributed by atoms with Gasteiger partial charge in [-0.05, 0) is 65.5 Å². The number of carbonyl (C=O) groups excluding carboxylic acids is 4. The molecule has 2 aromatic carbocycles. The first-order chi connectivity index (χ1) is 18.5. The Hall–Kier alpha value is -2.55. The Labute approximate surface area is 243 Å². The van der Waals surface area contributed by atoms with Gasteiger partial charge in [0.1, 0.15) is 6.04 Å². The molecular formula is C29H31Cl2N3O4S. The van der Waals surface area contributed by atoms with E-state index < -0.39 is 29.0 Å². The molecule has 0 radical (unpaired) electrons. The van der Waals surface area contributed by atoms with Gasteiger partial charge in [0.25, 0.3) is 0 Å². The molecule has 1 saturated carbocycles. The summed E-state index contributed by atoms with van der Waals surface area (Å²) in [6, 6.07) is 12.6. The smallest absolute Gasteiger partial charge is 0.243 e. The summed E-state index contributed by atoms with van der Waals surface area (Å²) in [5, 5.41) is 6.21. The van der Waals surface area contributed by atoms with Crippen LogP contribution in [0.4, 0.5) is 0 Å². The van der Waals surface area contributed by atoms with Crippen molar-refractivity contribution in [2.24, 2.45) is 23.2 Å². The highest BCUT2D eigenvalue weighted by atomic mass is 35.5. The number of benzene rings is 2. The van der Waals surface area contributed by atoms with Gasteiger partial charge in [0.15, 0.2) is 0 Å². The van der Waals surface area contributed by atoms with Crippen LogP contribution < -0.4 is 10.6 Å². The second kappa shape index (κ2) is 10.8. The number of rotatable bonds is 8. The van der Waals surface area contributed by atoms with E-state index >= 15 is 0 Å². The summed E-state index contributed by atoms with van der Waals surface area (Å²) in [5.41, 5.74) is 1.39. The number of amides is 3. The van der Waals surface area contributed by atoms with Crippen LogP contribution in [0.5, 0.6) is 0 Å². The van der Waals surface area contributed by atoms with E-state index in [9.17, 15) is 19.2 Å². The van der Waals surface area contributed by atoms with Crippen molar-refractivity contribution < 1.29 is 19.2 Å². The van der Waals surface area contributed by atoms with E-state index in [-0.39, 0.29) is 41.4 Å². The lowest BCUT2D eigenvalue weighted by molar-refractivity contribution is -0.141. The summed E-state index contributed by atoms with van der Waals surface area (Å²) >= 11 is 16.3. The average Bonchev–Trinajstić information content (AvgIpc) is 3.24. The summed E-state index contributed by atoms with van der Waals surface area (Å²) in [7, 11) is 0. The van der Waals surface area contributed by atoms with Crippen molar-refractivity contribution in [3.63, 3.8) is 0 Å². The molecule has 2 aliphatic heterocycles. The minimum absolute atomic E-state index is 0.0389. The summed E-state index contributed by atoms with van der Waals surface area (Å²) in [6.45, 7) is 5.19. The van der Waals surface area contributed by atoms with Crippen LogP contribution in [0, 0.1) is 23.2 Å². The molecule has 0 unspecified atom stereocenters. The zero-order valence-corrected chi connectivity index (χ0v) is 24.1. The third-order valence-electron chi connectivity index (χ3n) is 8.71. The maximum atomic E-state index is 14.3. The van der Waals surface area contributed by atoms with Crippen molar-refractivity contribution in [2.75, 3.05) is 13.1 Å². The molecule has 0 aromatic heterocycles. The maximum Gasteiger partial charge on any atom is 0.243 e. The Balaban J connectivity index is 1.44. The first kappa shape index (κ1) is 28.0. The lowest BCUT2D eigenvalue weighted by atomic mass is 9.88. The number of nitrogens with zero attached hydrogens (tertiary/aromatic N) is 1. The lowest BCUT2D eigenvalue weighted by Crippen LogP contribution is -2.54. The van der Waals surface area contributed by atoms with E-state index in [0.29, 0.717) is 29.6 Å². The van der Waals surface area contributed by atoms with Crippen LogP contribution in [0.1, 0.15) is 43.7 Å². The molecule has 206 valence electrons. The quantitative estimate of drug-likeness (QED) is 0.406. The predicted octanol–water partition coefficient (Wildman–Crippen LogP) is 4.08. The lowest BCUT2D eigenvalue weighted by Gasteiger charge is -2.34. The van der Waals surface area contributed by atoms with Crippen LogP contribution in [-0.4, -0.2) is 52.9 Å². The maximum absolute atomic E-state index is 14.3. The zero-order valence-electron chi connectivity index (χ0n) is 21.7. The van der Waals surface area contributed by atoms with E-state index in [4.69, 9.17) is 23.2 Å². The van der Waals surface area contributed by atoms with E-state index in [1.54, 1.807) is 29.2 Å². The largest absolute Gasteiger partial charge is 0.356 e. The molecule has 2 heterocycles. The number of nitrogens with one attached hydrogen (secondary N) is 2. The number of hydrogen-bond acceptors (Lipinski definition) is 4. The van der Waals surface area contributed by atoms with Crippen molar-refractivity contribution in [3.05, 3.63) is 69.7 Å². The van der Waals surface area contributed by atoms with Crippen molar-refractivity contribution in [2.45, 2.75) is 44.7 Å². The number of piperidine rings is 1. The molecule has 5 atom stereocenters. The van der Waals surface area contributed by atoms with Crippen LogP contribution in [0.2, 0.25) is 10.0 Å². The number of halogens is 2. The molecule has 2 N–H and O–H groups in total. The van der Waals surface area contributed by atoms with Gasteiger partial charge in [-0.3, -0.25) is 19.2 Å². The highest BCUT2D eigenvalue weighted by Gasteiger charge is 2.69. The molecule has 7 nitrogen and oxygen atoms in total. The minimum Gasteiger partial charge on any atom is -0.356 e. The van der Waals surface area contributed by atoms with E-state index in [1.165, 1.54) is 0 Å². The molecule has 5 rings (SSSR count). The second-order valence-electron chi connectivity index (χ2n) is 11.3. The summed E-state index contributed by atoms with van der Waals surface area (Å²) in [6.07, 6.45) is 0.776. The Morgan fingerprint density at radius 2 is 1.62 bits per heavy atom. The van der Waals surface area contributed by atoms with Crippen LogP contribution in [0.3, 0.4) is 0 Å². The number of hydrogen-bond donors (Lipinski definition) is 3. The van der Waals surface area contributed by atoms with Gasteiger partial charge in [-0.2, -0.15) is 0 Å². The first-order valence-corrected chi connectivity index (χ1v) is 14.3. The van der Waals surface area contributed by atoms with Gasteiger partial charge in [-0.1, -0.05) is 61.3 Å². The minimum atomic E-state index is -0.920. The molecule has 10 heteroatoms. The number of fused-ring (bicyclic) bond motifs is 1. The SMILES string of the molecule is CC1(C)[C@@H]2[C@@H](C(=O)N[C@@H](C[C@@H]3CCNC3=O)C(=O)S)N(C(=O)C(c3ccc(Cl)cc3)c3ccc(Cl)cc3)C[C@@H]21. The van der Waals surface area contributed by atoms with E-state index in [1.807, 2.05) is 24.3 Å². The van der Waals surface area contributed by atoms with E-state index in [0.717, 1.165) is 11.1 Å². The molecule has 0 bridgehead atoms. The summed E-state index contributed by atoms with van der Waals surface area (Å²) < 4.78 is 0. The monoisotopic (exact) mass is 587 g/mol. The van der Waals surface area contributed by atoms with Gasteiger partial charge >= 0.3 is 0 Å². The van der Waals surface area contributed by atoms with Crippen LogP contribution in [-0.2, 0) is 19.2 Å². The van der Waals surface area contributed by atoms with Gasteiger partial charge in [-0.25, -0.2) is 0 Å². The molecular weight excluding hydrogens is 557 g/mol. The van der Waals surface area contributed by atoms with E-state index in [2.05, 4.69) is 37.1 Å². The van der Waals surface area contributed by atoms with Crippen molar-refractivity contribution in [1.82, 2.24) is 15.5 Å². The van der Waals surface area contributed by atoms with Crippen LogP contribution in [0.15, 0.2) is 48.5 Å². The Kier molecular flexibility index (Phi) is 7.74. The molecule has 2 saturated heterocycles. The van der Waals surface area contributed by atoms with Crippen LogP contribution >= 0.6 is 35.8 Å². The number of likely N-dealkylation sites (tertiary alicyclic amines) is 1. The first-order valence-electron chi connectivity index (χ1n) is 13.1. The van der Waals surface area contributed by atoms with Gasteiger partial charge in [0.2, 0.25) is 22.8 Å². The Morgan fingerprint density at radius 1 is 1.05 bits per heavy atom. The molecule has 3 aliphatic rings. The van der Waals surface area contributed by atoms with Crippen molar-refractivity contribution >= 4 is 58.7 Å². The van der Waals surface area contributed by atoms with Gasteiger partial charge in [0.05, 0.1) is 12.0 Å². The molecule has 39 heavy (non-hydrogen) atoms. The Bertz CT molecular complexity index is 1260. The fraction of sp³-hybridized carbons (Fsp3) is 0.448. The third kappa shape index (κ3) is 5.43. The highest BCUT2D eigenvalue weighted by Crippen LogP contribution is 2.65. The molecule has 1 aliphatic carbocycles. The fourth-order valence-electron chi connectivity index (χ4n) is 6.40. The van der Waals surface area contributed by atoms with Crippen molar-refractivity contribution in [3.8, 4) is 0 Å². The standard InChI is InChI=1S/C29H31Cl2N3O4S/c1-29(2)20-14-34(24(23(20)29)26(36)33-21(28(38)39)13-17-11-12-32-25(17)35)27(37)22(15-3-7-18(30)8-4-15)16-5-9-19(31)10-6-16/h3-10,17,20-24H,11-14H2,1-2H3,(H,32,35)(H,33,36)(H,38,39)/t17-,20-,21-,23-,24-/m0/s1. The van der Waals surface area contributed by atoms with Crippen LogP contribution in [0.25, 0.3) is 0 Å². The average molecular weight is 589 g/mol. The Morgan fingerprint density at radius 3 is 2.10 bits per heavy atom. The molecule has 3 amide bonds. The fourth-order valence-corrected chi connectivity index (χ4v) is 6.82. The van der Waals surface area contributed by atoms with Gasteiger partial charge < -0.3 is 15.5 Å². The van der Waals surface area contributed by atoms with Crippen molar-refractivity contribution in [1.29, 1.82) is 0 Å². The molecule has 3 fully saturated rings. The number of thiol groups is 1. The second-order valence-corrected chi connectivity index (χ2v) is 12.7. The number of carbonyl (C=O) groups is 4.